The number of hydrogen-bond acceptors (Lipinski definition) is 2. The summed E-state index contributed by atoms with van der Waals surface area (Å²) in [5.41, 5.74) is 0. The van der Waals surface area contributed by atoms with E-state index >= 15 is 0 Å². The largest absolute Gasteiger partial charge is 0.307 e. The minimum absolute atomic E-state index is 0.955. The fourth-order valence-corrected chi connectivity index (χ4v) is 1.69. The molecule has 2 heteroatoms. The molecule has 2 nitrogen and oxygen atoms in total. The van der Waals surface area contributed by atoms with Crippen molar-refractivity contribution in [1.82, 2.24) is 9.80 Å². The van der Waals surface area contributed by atoms with Gasteiger partial charge in [0.05, 0.1) is 0 Å². The van der Waals surface area contributed by atoms with Crippen molar-refractivity contribution in [1.29, 1.82) is 0 Å². The maximum absolute atomic E-state index is 2.49. The van der Waals surface area contributed by atoms with E-state index in [0.29, 0.717) is 0 Å². The molecular formula is C19H46N2. The Morgan fingerprint density at radius 2 is 1.19 bits per heavy atom. The molecule has 1 aliphatic carbocycles. The predicted octanol–water partition coefficient (Wildman–Crippen LogP) is 5.67. The lowest BCUT2D eigenvalue weighted by molar-refractivity contribution is 0.318. The Morgan fingerprint density at radius 1 is 0.762 bits per heavy atom. The van der Waals surface area contributed by atoms with Crippen LogP contribution >= 0.6 is 0 Å². The Morgan fingerprint density at radius 3 is 1.52 bits per heavy atom. The Hall–Kier alpha value is -0.0800. The molecule has 1 fully saturated rings. The van der Waals surface area contributed by atoms with E-state index in [4.69, 9.17) is 0 Å². The molecule has 0 atom stereocenters. The van der Waals surface area contributed by atoms with Crippen LogP contribution in [0, 0.1) is 0 Å². The Kier molecular flexibility index (Phi) is 27.3. The summed E-state index contributed by atoms with van der Waals surface area (Å²) in [5, 5.41) is 0. The molecule has 0 amide bonds. The molecule has 0 aromatic heterocycles. The number of hydrogen-bond donors (Lipinski definition) is 0. The van der Waals surface area contributed by atoms with Crippen molar-refractivity contribution in [2.24, 2.45) is 0 Å². The highest BCUT2D eigenvalue weighted by atomic mass is 15.1. The predicted molar refractivity (Wildman–Crippen MR) is 101 cm³/mol. The van der Waals surface area contributed by atoms with E-state index in [9.17, 15) is 0 Å². The highest BCUT2D eigenvalue weighted by molar-refractivity contribution is 4.81. The van der Waals surface area contributed by atoms with Gasteiger partial charge in [-0.2, -0.15) is 0 Å². The number of rotatable bonds is 8. The van der Waals surface area contributed by atoms with Gasteiger partial charge in [0.1, 0.15) is 0 Å². The first-order valence-corrected chi connectivity index (χ1v) is 9.54. The van der Waals surface area contributed by atoms with Gasteiger partial charge in [0.25, 0.3) is 0 Å². The second-order valence-corrected chi connectivity index (χ2v) is 5.31. The minimum atomic E-state index is 0.955. The molecule has 132 valence electrons. The summed E-state index contributed by atoms with van der Waals surface area (Å²) >= 11 is 0. The molecule has 21 heavy (non-hydrogen) atoms. The lowest BCUT2D eigenvalue weighted by Crippen LogP contribution is -2.21. The third-order valence-electron chi connectivity index (χ3n) is 3.47. The molecule has 0 radical (unpaired) electrons. The summed E-state index contributed by atoms with van der Waals surface area (Å²) in [6.07, 6.45) is 8.24. The van der Waals surface area contributed by atoms with E-state index < -0.39 is 0 Å². The second-order valence-electron chi connectivity index (χ2n) is 5.31. The first-order valence-electron chi connectivity index (χ1n) is 9.54. The molecule has 0 aromatic carbocycles. The van der Waals surface area contributed by atoms with E-state index in [1.165, 1.54) is 58.2 Å². The van der Waals surface area contributed by atoms with Crippen molar-refractivity contribution in [2.75, 3.05) is 33.7 Å². The quantitative estimate of drug-likeness (QED) is 0.570. The van der Waals surface area contributed by atoms with Crippen LogP contribution in [0.2, 0.25) is 0 Å². The first kappa shape index (κ1) is 25.9. The van der Waals surface area contributed by atoms with Crippen molar-refractivity contribution in [3.63, 3.8) is 0 Å². The maximum atomic E-state index is 2.49. The van der Waals surface area contributed by atoms with Crippen molar-refractivity contribution in [3.8, 4) is 0 Å². The minimum Gasteiger partial charge on any atom is -0.307 e. The molecular weight excluding hydrogens is 256 g/mol. The Labute approximate surface area is 137 Å². The summed E-state index contributed by atoms with van der Waals surface area (Å²) in [7, 11) is 4.41. The van der Waals surface area contributed by atoms with Gasteiger partial charge in [0.2, 0.25) is 0 Å². The van der Waals surface area contributed by atoms with Gasteiger partial charge < -0.3 is 9.80 Å². The molecule has 0 saturated heterocycles. The lowest BCUT2D eigenvalue weighted by atomic mass is 10.3. The summed E-state index contributed by atoms with van der Waals surface area (Å²) in [4.78, 5) is 4.83. The fraction of sp³-hybridized carbons (Fsp3) is 1.00. The molecule has 0 bridgehead atoms. The molecule has 1 rings (SSSR count). The molecule has 1 aliphatic rings. The molecule has 0 N–H and O–H groups in total. The van der Waals surface area contributed by atoms with Crippen LogP contribution in [0.3, 0.4) is 0 Å². The summed E-state index contributed by atoms with van der Waals surface area (Å²) in [5.74, 6) is 0. The maximum Gasteiger partial charge on any atom is 0.00933 e. The van der Waals surface area contributed by atoms with E-state index in [0.717, 1.165) is 6.04 Å². The van der Waals surface area contributed by atoms with Gasteiger partial charge in [-0.25, -0.2) is 0 Å². The molecule has 0 spiro atoms. The SMILES string of the molecule is CC.CC.CCCCN(C)C1CC1.CCCCN(C)CC. The summed E-state index contributed by atoms with van der Waals surface area (Å²) in [6.45, 7) is 18.4. The van der Waals surface area contributed by atoms with E-state index in [2.05, 4.69) is 44.7 Å². The van der Waals surface area contributed by atoms with Gasteiger partial charge in [0.15, 0.2) is 0 Å². The van der Waals surface area contributed by atoms with Crippen molar-refractivity contribution in [3.05, 3.63) is 0 Å². The third-order valence-corrected chi connectivity index (χ3v) is 3.47. The van der Waals surface area contributed by atoms with Crippen LogP contribution in [0.4, 0.5) is 0 Å². The van der Waals surface area contributed by atoms with Crippen LogP contribution in [-0.4, -0.2) is 49.6 Å². The van der Waals surface area contributed by atoms with Crippen LogP contribution in [0.25, 0.3) is 0 Å². The van der Waals surface area contributed by atoms with Gasteiger partial charge in [0, 0.05) is 6.04 Å². The van der Waals surface area contributed by atoms with Crippen LogP contribution in [0.15, 0.2) is 0 Å². The Balaban J connectivity index is -0.000000251. The van der Waals surface area contributed by atoms with Crippen molar-refractivity contribution >= 4 is 0 Å². The average molecular weight is 303 g/mol. The molecule has 0 aromatic rings. The zero-order valence-corrected chi connectivity index (χ0v) is 16.8. The zero-order valence-electron chi connectivity index (χ0n) is 16.8. The average Bonchev–Trinajstić information content (AvgIpc) is 3.39. The molecule has 0 unspecified atom stereocenters. The summed E-state index contributed by atoms with van der Waals surface area (Å²) < 4.78 is 0. The second kappa shape index (κ2) is 22.2. The molecule has 0 aliphatic heterocycles. The van der Waals surface area contributed by atoms with E-state index in [-0.39, 0.29) is 0 Å². The van der Waals surface area contributed by atoms with Crippen LogP contribution < -0.4 is 0 Å². The molecule has 1 saturated carbocycles. The van der Waals surface area contributed by atoms with Crippen LogP contribution in [-0.2, 0) is 0 Å². The van der Waals surface area contributed by atoms with Crippen LogP contribution in [0.1, 0.15) is 87.0 Å². The standard InChI is InChI=1S/C8H17N.C7H17N.2C2H6/c1-3-4-7-9(2)8-5-6-8;1-4-6-7-8(3)5-2;2*1-2/h8H,3-7H2,1-2H3;4-7H2,1-3H3;2*1-2H3. The van der Waals surface area contributed by atoms with Crippen LogP contribution in [0.5, 0.6) is 0 Å². The lowest BCUT2D eigenvalue weighted by Gasteiger charge is -2.13. The van der Waals surface area contributed by atoms with Gasteiger partial charge in [-0.05, 0) is 59.4 Å². The normalized spacial score (nSPS) is 12.7. The van der Waals surface area contributed by atoms with Gasteiger partial charge in [-0.1, -0.05) is 61.3 Å². The third kappa shape index (κ3) is 22.3. The van der Waals surface area contributed by atoms with Crippen molar-refractivity contribution in [2.45, 2.75) is 93.0 Å². The first-order chi connectivity index (χ1) is 10.2. The van der Waals surface area contributed by atoms with Gasteiger partial charge in [-0.15, -0.1) is 0 Å². The van der Waals surface area contributed by atoms with E-state index in [1.54, 1.807) is 0 Å². The highest BCUT2D eigenvalue weighted by Gasteiger charge is 2.24. The van der Waals surface area contributed by atoms with Gasteiger partial charge in [-0.3, -0.25) is 0 Å². The summed E-state index contributed by atoms with van der Waals surface area (Å²) in [6, 6.07) is 0.955. The fourth-order valence-electron chi connectivity index (χ4n) is 1.69. The number of nitrogens with zero attached hydrogens (tertiary/aromatic N) is 2. The topological polar surface area (TPSA) is 6.48 Å². The smallest absolute Gasteiger partial charge is 0.00933 e. The Bertz CT molecular complexity index is 156. The number of unbranched alkanes of at least 4 members (excludes halogenated alkanes) is 2. The highest BCUT2D eigenvalue weighted by Crippen LogP contribution is 2.25. The zero-order chi connectivity index (χ0) is 17.1. The van der Waals surface area contributed by atoms with E-state index in [1.807, 2.05) is 27.7 Å². The monoisotopic (exact) mass is 302 g/mol. The molecule has 0 heterocycles. The van der Waals surface area contributed by atoms with Gasteiger partial charge >= 0.3 is 0 Å². The van der Waals surface area contributed by atoms with Crippen molar-refractivity contribution < 1.29 is 0 Å².